The molecule has 0 aromatic heterocycles. The van der Waals surface area contributed by atoms with E-state index in [0.29, 0.717) is 29.7 Å². The van der Waals surface area contributed by atoms with Crippen molar-refractivity contribution in [1.29, 1.82) is 0 Å². The van der Waals surface area contributed by atoms with Crippen LogP contribution in [0.15, 0.2) is 24.3 Å². The topological polar surface area (TPSA) is 60.9 Å². The molecule has 0 spiro atoms. The van der Waals surface area contributed by atoms with E-state index in [-0.39, 0.29) is 12.6 Å². The number of benzene rings is 1. The Bertz CT molecular complexity index is 535. The summed E-state index contributed by atoms with van der Waals surface area (Å²) in [5.74, 6) is -0.547. The van der Waals surface area contributed by atoms with Crippen molar-refractivity contribution in [2.75, 3.05) is 24.5 Å². The molecular weight excluding hydrogens is 292 g/mol. The van der Waals surface area contributed by atoms with Crippen LogP contribution in [0, 0.1) is 5.92 Å². The molecule has 2 amide bonds. The van der Waals surface area contributed by atoms with Crippen LogP contribution in [0.25, 0.3) is 0 Å². The van der Waals surface area contributed by atoms with Crippen molar-refractivity contribution >= 4 is 29.3 Å². The van der Waals surface area contributed by atoms with Gasteiger partial charge in [-0.1, -0.05) is 31.0 Å². The quantitative estimate of drug-likeness (QED) is 0.929. The second kappa shape index (κ2) is 6.80. The van der Waals surface area contributed by atoms with Gasteiger partial charge in [-0.2, -0.15) is 0 Å². The summed E-state index contributed by atoms with van der Waals surface area (Å²) in [4.78, 5) is 26.7. The molecule has 1 aliphatic rings. The number of hydrogen-bond donors (Lipinski definition) is 1. The van der Waals surface area contributed by atoms with Gasteiger partial charge in [0, 0.05) is 23.8 Å². The van der Waals surface area contributed by atoms with Gasteiger partial charge in [0.1, 0.15) is 6.54 Å². The average Bonchev–Trinajstić information content (AvgIpc) is 2.92. The summed E-state index contributed by atoms with van der Waals surface area (Å²) in [7, 11) is 0. The number of carbonyl (C=O) groups is 2. The highest BCUT2D eigenvalue weighted by Gasteiger charge is 2.30. The van der Waals surface area contributed by atoms with Crippen LogP contribution in [0.5, 0.6) is 0 Å². The minimum atomic E-state index is -1.05. The third-order valence-electron chi connectivity index (χ3n) is 3.78. The molecule has 6 heteroatoms. The van der Waals surface area contributed by atoms with E-state index in [1.807, 2.05) is 0 Å². The molecule has 5 nitrogen and oxygen atoms in total. The van der Waals surface area contributed by atoms with Gasteiger partial charge in [-0.25, -0.2) is 4.79 Å². The molecule has 1 saturated heterocycles. The van der Waals surface area contributed by atoms with Gasteiger partial charge in [-0.05, 0) is 30.5 Å². The fourth-order valence-corrected chi connectivity index (χ4v) is 2.74. The first-order valence-corrected chi connectivity index (χ1v) is 7.43. The normalized spacial score (nSPS) is 17.8. The molecule has 1 aromatic carbocycles. The summed E-state index contributed by atoms with van der Waals surface area (Å²) in [5.41, 5.74) is 0.509. The number of carbonyl (C=O) groups excluding carboxylic acids is 1. The highest BCUT2D eigenvalue weighted by molar-refractivity contribution is 6.30. The molecule has 0 aliphatic carbocycles. The highest BCUT2D eigenvalue weighted by atomic mass is 35.5. The molecule has 1 unspecified atom stereocenters. The molecule has 1 aliphatic heterocycles. The van der Waals surface area contributed by atoms with E-state index in [0.717, 1.165) is 12.8 Å². The molecule has 114 valence electrons. The predicted molar refractivity (Wildman–Crippen MR) is 81.8 cm³/mol. The lowest BCUT2D eigenvalue weighted by atomic mass is 10.1. The molecule has 1 fully saturated rings. The van der Waals surface area contributed by atoms with Crippen molar-refractivity contribution in [2.24, 2.45) is 5.92 Å². The Hall–Kier alpha value is -1.75. The number of anilines is 1. The number of aliphatic carboxylic acids is 1. The number of likely N-dealkylation sites (tertiary alicyclic amines) is 1. The zero-order valence-electron chi connectivity index (χ0n) is 12.0. The molecule has 2 rings (SSSR count). The summed E-state index contributed by atoms with van der Waals surface area (Å²) in [5, 5.41) is 9.53. The van der Waals surface area contributed by atoms with E-state index < -0.39 is 5.97 Å². The minimum Gasteiger partial charge on any atom is -0.480 e. The number of carboxylic acids is 1. The second-order valence-corrected chi connectivity index (χ2v) is 5.69. The minimum absolute atomic E-state index is 0.268. The van der Waals surface area contributed by atoms with Gasteiger partial charge in [0.2, 0.25) is 0 Å². The summed E-state index contributed by atoms with van der Waals surface area (Å²) in [6, 6.07) is 6.43. The monoisotopic (exact) mass is 310 g/mol. The lowest BCUT2D eigenvalue weighted by Gasteiger charge is -2.27. The van der Waals surface area contributed by atoms with E-state index in [4.69, 9.17) is 16.7 Å². The third kappa shape index (κ3) is 3.88. The predicted octanol–water partition coefficient (Wildman–Crippen LogP) is 3.08. The van der Waals surface area contributed by atoms with Crippen molar-refractivity contribution < 1.29 is 14.7 Å². The molecule has 1 N–H and O–H groups in total. The summed E-state index contributed by atoms with van der Waals surface area (Å²) >= 11 is 5.94. The molecular formula is C15H19ClN2O3. The van der Waals surface area contributed by atoms with Crippen molar-refractivity contribution in [3.63, 3.8) is 0 Å². The Morgan fingerprint density at radius 2 is 2.24 bits per heavy atom. The molecule has 21 heavy (non-hydrogen) atoms. The zero-order valence-corrected chi connectivity index (χ0v) is 12.7. The molecule has 1 aromatic rings. The number of nitrogens with zero attached hydrogens (tertiary/aromatic N) is 2. The van der Waals surface area contributed by atoms with Crippen LogP contribution in [-0.4, -0.2) is 41.6 Å². The van der Waals surface area contributed by atoms with E-state index in [1.54, 1.807) is 29.2 Å². The largest absolute Gasteiger partial charge is 0.480 e. The van der Waals surface area contributed by atoms with E-state index >= 15 is 0 Å². The molecule has 0 radical (unpaired) electrons. The van der Waals surface area contributed by atoms with E-state index in [1.165, 1.54) is 4.90 Å². The Balaban J connectivity index is 2.20. The Morgan fingerprint density at radius 3 is 2.81 bits per heavy atom. The maximum Gasteiger partial charge on any atom is 0.325 e. The van der Waals surface area contributed by atoms with Gasteiger partial charge in [0.25, 0.3) is 0 Å². The second-order valence-electron chi connectivity index (χ2n) is 5.25. The fourth-order valence-electron chi connectivity index (χ4n) is 2.56. The van der Waals surface area contributed by atoms with Crippen LogP contribution in [0.3, 0.4) is 0 Å². The average molecular weight is 311 g/mol. The third-order valence-corrected chi connectivity index (χ3v) is 4.01. The van der Waals surface area contributed by atoms with Crippen LogP contribution in [0.1, 0.15) is 19.8 Å². The van der Waals surface area contributed by atoms with Gasteiger partial charge < -0.3 is 10.0 Å². The summed E-state index contributed by atoms with van der Waals surface area (Å²) in [6.45, 7) is 3.09. The molecule has 0 saturated carbocycles. The Labute approximate surface area is 129 Å². The Kier molecular flexibility index (Phi) is 5.07. The number of amides is 2. The van der Waals surface area contributed by atoms with Crippen LogP contribution in [0.4, 0.5) is 10.5 Å². The van der Waals surface area contributed by atoms with E-state index in [9.17, 15) is 9.59 Å². The number of urea groups is 1. The highest BCUT2D eigenvalue weighted by Crippen LogP contribution is 2.24. The van der Waals surface area contributed by atoms with Crippen molar-refractivity contribution in [1.82, 2.24) is 4.90 Å². The maximum absolute atomic E-state index is 12.6. The van der Waals surface area contributed by atoms with Crippen LogP contribution < -0.4 is 4.90 Å². The smallest absolute Gasteiger partial charge is 0.325 e. The maximum atomic E-state index is 12.6. The summed E-state index contributed by atoms with van der Waals surface area (Å²) in [6.07, 6.45) is 2.00. The van der Waals surface area contributed by atoms with Crippen molar-refractivity contribution in [2.45, 2.75) is 19.8 Å². The number of carboxylic acid groups (broad SMARTS) is 1. The van der Waals surface area contributed by atoms with Gasteiger partial charge in [0.05, 0.1) is 0 Å². The molecule has 1 atom stereocenters. The van der Waals surface area contributed by atoms with Gasteiger partial charge in [0.15, 0.2) is 0 Å². The standard InChI is InChI=1S/C15H19ClN2O3/c1-2-11-6-7-17(9-11)15(21)18(10-14(19)20)13-5-3-4-12(16)8-13/h3-5,8,11H,2,6-7,9-10H2,1H3,(H,19,20). The first-order valence-electron chi connectivity index (χ1n) is 7.05. The van der Waals surface area contributed by atoms with Gasteiger partial charge >= 0.3 is 12.0 Å². The number of hydrogen-bond acceptors (Lipinski definition) is 2. The van der Waals surface area contributed by atoms with E-state index in [2.05, 4.69) is 6.92 Å². The van der Waals surface area contributed by atoms with Crippen molar-refractivity contribution in [3.8, 4) is 0 Å². The first-order chi connectivity index (χ1) is 10.0. The van der Waals surface area contributed by atoms with Crippen LogP contribution in [-0.2, 0) is 4.79 Å². The van der Waals surface area contributed by atoms with Crippen LogP contribution in [0.2, 0.25) is 5.02 Å². The van der Waals surface area contributed by atoms with Crippen LogP contribution >= 0.6 is 11.6 Å². The van der Waals surface area contributed by atoms with Gasteiger partial charge in [-0.15, -0.1) is 0 Å². The Morgan fingerprint density at radius 1 is 1.48 bits per heavy atom. The van der Waals surface area contributed by atoms with Crippen molar-refractivity contribution in [3.05, 3.63) is 29.3 Å². The molecule has 0 bridgehead atoms. The fraction of sp³-hybridized carbons (Fsp3) is 0.467. The lowest BCUT2D eigenvalue weighted by Crippen LogP contribution is -2.44. The number of rotatable bonds is 4. The lowest BCUT2D eigenvalue weighted by molar-refractivity contribution is -0.135. The zero-order chi connectivity index (χ0) is 15.4. The van der Waals surface area contributed by atoms with Gasteiger partial charge in [-0.3, -0.25) is 9.69 Å². The number of halogens is 1. The summed E-state index contributed by atoms with van der Waals surface area (Å²) < 4.78 is 0. The SMILES string of the molecule is CCC1CCN(C(=O)N(CC(=O)O)c2cccc(Cl)c2)C1. The molecule has 1 heterocycles. The first kappa shape index (κ1) is 15.6.